The molecule has 144 valence electrons. The van der Waals surface area contributed by atoms with Crippen LogP contribution in [0.3, 0.4) is 0 Å². The van der Waals surface area contributed by atoms with E-state index in [4.69, 9.17) is 18.9 Å². The summed E-state index contributed by atoms with van der Waals surface area (Å²) >= 11 is 0. The highest BCUT2D eigenvalue weighted by Gasteiger charge is 2.11. The molecule has 0 saturated heterocycles. The molecule has 1 aliphatic heterocycles. The molecule has 2 N–H and O–H groups in total. The van der Waals surface area contributed by atoms with Crippen molar-refractivity contribution in [2.75, 3.05) is 45.3 Å². The van der Waals surface area contributed by atoms with Gasteiger partial charge in [0.25, 0.3) is 0 Å². The third-order valence-electron chi connectivity index (χ3n) is 3.98. The van der Waals surface area contributed by atoms with Gasteiger partial charge in [0, 0.05) is 24.7 Å². The van der Waals surface area contributed by atoms with Crippen LogP contribution < -0.4 is 29.6 Å². The number of rotatable bonds is 9. The molecule has 0 spiro atoms. The highest BCUT2D eigenvalue weighted by atomic mass is 16.6. The van der Waals surface area contributed by atoms with E-state index >= 15 is 0 Å². The molecule has 0 radical (unpaired) electrons. The van der Waals surface area contributed by atoms with Gasteiger partial charge in [0.15, 0.2) is 11.5 Å². The smallest absolute Gasteiger partial charge is 0.221 e. The summed E-state index contributed by atoms with van der Waals surface area (Å²) in [6, 6.07) is 13.0. The Bertz CT molecular complexity index is 749. The number of ether oxygens (including phenoxy) is 4. The monoisotopic (exact) mass is 372 g/mol. The van der Waals surface area contributed by atoms with Crippen molar-refractivity contribution in [2.45, 2.75) is 6.42 Å². The molecule has 3 rings (SSSR count). The Kier molecular flexibility index (Phi) is 6.62. The summed E-state index contributed by atoms with van der Waals surface area (Å²) in [7, 11) is 1.62. The molecule has 2 aromatic carbocycles. The van der Waals surface area contributed by atoms with Crippen LogP contribution in [0.4, 0.5) is 5.69 Å². The van der Waals surface area contributed by atoms with Crippen molar-refractivity contribution in [3.8, 4) is 23.0 Å². The first-order valence-corrected chi connectivity index (χ1v) is 8.91. The number of carbonyl (C=O) groups excluding carboxylic acids is 1. The van der Waals surface area contributed by atoms with Gasteiger partial charge in [-0.3, -0.25) is 4.79 Å². The molecule has 1 amide bonds. The van der Waals surface area contributed by atoms with Crippen LogP contribution in [0.1, 0.15) is 6.42 Å². The van der Waals surface area contributed by atoms with Crippen LogP contribution >= 0.6 is 0 Å². The average Bonchev–Trinajstić information content (AvgIpc) is 2.71. The van der Waals surface area contributed by atoms with E-state index in [1.54, 1.807) is 7.11 Å². The first-order chi connectivity index (χ1) is 13.2. The second kappa shape index (κ2) is 9.56. The average molecular weight is 372 g/mol. The fourth-order valence-electron chi connectivity index (χ4n) is 2.59. The molecular weight excluding hydrogens is 348 g/mol. The van der Waals surface area contributed by atoms with Crippen LogP contribution in [0.25, 0.3) is 0 Å². The minimum atomic E-state index is -0.0293. The Balaban J connectivity index is 1.30. The van der Waals surface area contributed by atoms with E-state index in [9.17, 15) is 4.79 Å². The topological polar surface area (TPSA) is 78.1 Å². The van der Waals surface area contributed by atoms with Crippen molar-refractivity contribution in [1.82, 2.24) is 5.32 Å². The number of anilines is 1. The standard InChI is InChI=1S/C20H24N2O5/c1-24-16-3-5-17(6-4-16)25-11-10-22-20(23)8-9-21-15-2-7-18-19(14-15)27-13-12-26-18/h2-7,14,21H,8-13H2,1H3,(H,22,23). The largest absolute Gasteiger partial charge is 0.497 e. The van der Waals surface area contributed by atoms with E-state index in [0.29, 0.717) is 39.3 Å². The Morgan fingerprint density at radius 2 is 1.74 bits per heavy atom. The number of benzene rings is 2. The summed E-state index contributed by atoms with van der Waals surface area (Å²) in [6.07, 6.45) is 0.372. The number of amides is 1. The van der Waals surface area contributed by atoms with Crippen LogP contribution in [0, 0.1) is 0 Å². The summed E-state index contributed by atoms with van der Waals surface area (Å²) in [5.74, 6) is 2.97. The zero-order chi connectivity index (χ0) is 18.9. The summed E-state index contributed by atoms with van der Waals surface area (Å²) in [5, 5.41) is 6.05. The predicted molar refractivity (Wildman–Crippen MR) is 102 cm³/mol. The fraction of sp³-hybridized carbons (Fsp3) is 0.350. The lowest BCUT2D eigenvalue weighted by atomic mass is 10.2. The Morgan fingerprint density at radius 1 is 1.00 bits per heavy atom. The molecule has 7 nitrogen and oxygen atoms in total. The first kappa shape index (κ1) is 18.7. The van der Waals surface area contributed by atoms with Crippen molar-refractivity contribution < 1.29 is 23.7 Å². The molecular formula is C20H24N2O5. The summed E-state index contributed by atoms with van der Waals surface area (Å²) in [5.41, 5.74) is 0.898. The maximum atomic E-state index is 11.9. The van der Waals surface area contributed by atoms with E-state index in [1.165, 1.54) is 0 Å². The van der Waals surface area contributed by atoms with Crippen LogP contribution in [-0.2, 0) is 4.79 Å². The third-order valence-corrected chi connectivity index (χ3v) is 3.98. The van der Waals surface area contributed by atoms with Gasteiger partial charge in [-0.05, 0) is 36.4 Å². The Labute approximate surface area is 158 Å². The minimum Gasteiger partial charge on any atom is -0.497 e. The molecule has 7 heteroatoms. The fourth-order valence-corrected chi connectivity index (χ4v) is 2.59. The van der Waals surface area contributed by atoms with Crippen molar-refractivity contribution in [1.29, 1.82) is 0 Å². The van der Waals surface area contributed by atoms with Gasteiger partial charge in [-0.2, -0.15) is 0 Å². The molecule has 27 heavy (non-hydrogen) atoms. The maximum absolute atomic E-state index is 11.9. The van der Waals surface area contributed by atoms with Crippen LogP contribution in [0.15, 0.2) is 42.5 Å². The summed E-state index contributed by atoms with van der Waals surface area (Å²) < 4.78 is 21.7. The van der Waals surface area contributed by atoms with E-state index in [0.717, 1.165) is 28.7 Å². The van der Waals surface area contributed by atoms with Crippen LogP contribution in [0.2, 0.25) is 0 Å². The quantitative estimate of drug-likeness (QED) is 0.659. The van der Waals surface area contributed by atoms with E-state index in [1.807, 2.05) is 42.5 Å². The van der Waals surface area contributed by atoms with Gasteiger partial charge < -0.3 is 29.6 Å². The van der Waals surface area contributed by atoms with Crippen molar-refractivity contribution in [3.05, 3.63) is 42.5 Å². The molecule has 0 aromatic heterocycles. The SMILES string of the molecule is COc1ccc(OCCNC(=O)CCNc2ccc3c(c2)OCCO3)cc1. The highest BCUT2D eigenvalue weighted by Crippen LogP contribution is 2.32. The lowest BCUT2D eigenvalue weighted by molar-refractivity contribution is -0.120. The molecule has 1 heterocycles. The minimum absolute atomic E-state index is 0.0293. The van der Waals surface area contributed by atoms with Gasteiger partial charge >= 0.3 is 0 Å². The molecule has 2 aromatic rings. The number of hydrogen-bond acceptors (Lipinski definition) is 6. The van der Waals surface area contributed by atoms with Crippen molar-refractivity contribution >= 4 is 11.6 Å². The van der Waals surface area contributed by atoms with Crippen molar-refractivity contribution in [2.24, 2.45) is 0 Å². The molecule has 1 aliphatic rings. The normalized spacial score (nSPS) is 12.2. The number of methoxy groups -OCH3 is 1. The third kappa shape index (κ3) is 5.70. The zero-order valence-electron chi connectivity index (χ0n) is 15.3. The molecule has 0 unspecified atom stereocenters. The Hall–Kier alpha value is -3.09. The van der Waals surface area contributed by atoms with Gasteiger partial charge in [0.1, 0.15) is 31.3 Å². The number of fused-ring (bicyclic) bond motifs is 1. The van der Waals surface area contributed by atoms with Gasteiger partial charge in [0.2, 0.25) is 5.91 Å². The van der Waals surface area contributed by atoms with E-state index < -0.39 is 0 Å². The van der Waals surface area contributed by atoms with Gasteiger partial charge in [-0.15, -0.1) is 0 Å². The lowest BCUT2D eigenvalue weighted by Gasteiger charge is -2.19. The Morgan fingerprint density at radius 3 is 2.52 bits per heavy atom. The number of hydrogen-bond donors (Lipinski definition) is 2. The summed E-state index contributed by atoms with van der Waals surface area (Å²) in [6.45, 7) is 2.52. The van der Waals surface area contributed by atoms with E-state index in [-0.39, 0.29) is 5.91 Å². The van der Waals surface area contributed by atoms with Crippen LogP contribution in [0.5, 0.6) is 23.0 Å². The number of carbonyl (C=O) groups is 1. The van der Waals surface area contributed by atoms with Crippen molar-refractivity contribution in [3.63, 3.8) is 0 Å². The summed E-state index contributed by atoms with van der Waals surface area (Å²) in [4.78, 5) is 11.9. The number of nitrogens with one attached hydrogen (secondary N) is 2. The van der Waals surface area contributed by atoms with Gasteiger partial charge in [-0.1, -0.05) is 0 Å². The lowest BCUT2D eigenvalue weighted by Crippen LogP contribution is -2.29. The van der Waals surface area contributed by atoms with Gasteiger partial charge in [-0.25, -0.2) is 0 Å². The van der Waals surface area contributed by atoms with Gasteiger partial charge in [0.05, 0.1) is 13.7 Å². The second-order valence-corrected chi connectivity index (χ2v) is 5.91. The predicted octanol–water partition coefficient (Wildman–Crippen LogP) is 2.46. The second-order valence-electron chi connectivity index (χ2n) is 5.91. The van der Waals surface area contributed by atoms with Crippen LogP contribution in [-0.4, -0.2) is 45.9 Å². The molecule has 0 atom stereocenters. The molecule has 0 bridgehead atoms. The molecule has 0 aliphatic carbocycles. The zero-order valence-corrected chi connectivity index (χ0v) is 15.3. The van der Waals surface area contributed by atoms with E-state index in [2.05, 4.69) is 10.6 Å². The molecule has 0 fully saturated rings. The molecule has 0 saturated carbocycles. The first-order valence-electron chi connectivity index (χ1n) is 8.91. The maximum Gasteiger partial charge on any atom is 0.221 e. The highest BCUT2D eigenvalue weighted by molar-refractivity contribution is 5.76.